The van der Waals surface area contributed by atoms with Crippen LogP contribution in [0, 0.1) is 5.92 Å². The molecule has 7 heteroatoms. The first-order valence-corrected chi connectivity index (χ1v) is 8.39. The third kappa shape index (κ3) is 5.35. The second-order valence-corrected chi connectivity index (χ2v) is 7.44. The van der Waals surface area contributed by atoms with Crippen LogP contribution in [0.5, 0.6) is 0 Å². The Morgan fingerprint density at radius 2 is 1.95 bits per heavy atom. The standard InChI is InChI=1S/C12H27N3O3S/c1-14-19(17,18)15(2)9-12(16)11(13)8-10-6-4-3-5-7-10/h10-12,14,16H,3-9,13H2,1-2H3/t11-,12-/m0/s1. The van der Waals surface area contributed by atoms with Gasteiger partial charge < -0.3 is 10.8 Å². The molecule has 0 spiro atoms. The smallest absolute Gasteiger partial charge is 0.279 e. The number of likely N-dealkylation sites (N-methyl/N-ethyl adjacent to an activating group) is 1. The first kappa shape index (κ1) is 16.8. The van der Waals surface area contributed by atoms with Gasteiger partial charge >= 0.3 is 0 Å². The monoisotopic (exact) mass is 293 g/mol. The van der Waals surface area contributed by atoms with Crippen molar-refractivity contribution in [2.75, 3.05) is 20.6 Å². The minimum atomic E-state index is -3.49. The van der Waals surface area contributed by atoms with Gasteiger partial charge in [0.2, 0.25) is 0 Å². The zero-order valence-electron chi connectivity index (χ0n) is 11.9. The Balaban J connectivity index is 2.41. The number of rotatable bonds is 7. The first-order valence-electron chi connectivity index (χ1n) is 6.95. The van der Waals surface area contributed by atoms with Crippen molar-refractivity contribution in [3.8, 4) is 0 Å². The highest BCUT2D eigenvalue weighted by atomic mass is 32.2. The van der Waals surface area contributed by atoms with E-state index < -0.39 is 16.3 Å². The molecule has 0 saturated heterocycles. The van der Waals surface area contributed by atoms with Crippen molar-refractivity contribution < 1.29 is 13.5 Å². The topological polar surface area (TPSA) is 95.7 Å². The molecule has 1 fully saturated rings. The summed E-state index contributed by atoms with van der Waals surface area (Å²) in [5.74, 6) is 0.574. The van der Waals surface area contributed by atoms with Gasteiger partial charge in [-0.3, -0.25) is 0 Å². The van der Waals surface area contributed by atoms with Crippen molar-refractivity contribution in [1.82, 2.24) is 9.03 Å². The van der Waals surface area contributed by atoms with Crippen LogP contribution < -0.4 is 10.5 Å². The van der Waals surface area contributed by atoms with E-state index in [1.165, 1.54) is 46.2 Å². The molecule has 19 heavy (non-hydrogen) atoms. The number of nitrogens with two attached hydrogens (primary N) is 1. The van der Waals surface area contributed by atoms with Crippen LogP contribution in [0.25, 0.3) is 0 Å². The fourth-order valence-corrected chi connectivity index (χ4v) is 3.28. The number of aliphatic hydroxyl groups excluding tert-OH is 1. The minimum Gasteiger partial charge on any atom is -0.390 e. The maximum absolute atomic E-state index is 11.5. The summed E-state index contributed by atoms with van der Waals surface area (Å²) in [6, 6.07) is -0.363. The highest BCUT2D eigenvalue weighted by Gasteiger charge is 2.25. The molecule has 0 amide bonds. The van der Waals surface area contributed by atoms with E-state index in [4.69, 9.17) is 5.73 Å². The van der Waals surface area contributed by atoms with Crippen LogP contribution in [-0.2, 0) is 10.2 Å². The Hall–Kier alpha value is -0.210. The largest absolute Gasteiger partial charge is 0.390 e. The summed E-state index contributed by atoms with van der Waals surface area (Å²) in [6.07, 6.45) is 6.06. The highest BCUT2D eigenvalue weighted by Crippen LogP contribution is 2.27. The maximum atomic E-state index is 11.5. The summed E-state index contributed by atoms with van der Waals surface area (Å²) in [7, 11) is -0.712. The third-order valence-corrected chi connectivity index (χ3v) is 5.42. The lowest BCUT2D eigenvalue weighted by atomic mass is 9.84. The fourth-order valence-electron chi connectivity index (χ4n) is 2.62. The van der Waals surface area contributed by atoms with E-state index in [0.29, 0.717) is 5.92 Å². The van der Waals surface area contributed by atoms with E-state index in [9.17, 15) is 13.5 Å². The molecule has 1 saturated carbocycles. The molecule has 114 valence electrons. The SMILES string of the molecule is CNS(=O)(=O)N(C)C[C@H](O)[C@@H](N)CC1CCCCC1. The predicted octanol–water partition coefficient (Wildman–Crippen LogP) is 0.0410. The summed E-state index contributed by atoms with van der Waals surface area (Å²) >= 11 is 0. The van der Waals surface area contributed by atoms with Crippen LogP contribution >= 0.6 is 0 Å². The van der Waals surface area contributed by atoms with Crippen molar-refractivity contribution in [2.45, 2.75) is 50.7 Å². The van der Waals surface area contributed by atoms with Crippen LogP contribution in [0.1, 0.15) is 38.5 Å². The lowest BCUT2D eigenvalue weighted by Crippen LogP contribution is -2.47. The molecular weight excluding hydrogens is 266 g/mol. The number of aliphatic hydroxyl groups is 1. The molecule has 0 aromatic rings. The molecule has 0 unspecified atom stereocenters. The van der Waals surface area contributed by atoms with Crippen LogP contribution in [0.3, 0.4) is 0 Å². The summed E-state index contributed by atoms with van der Waals surface area (Å²) in [5.41, 5.74) is 5.99. The number of nitrogens with zero attached hydrogens (tertiary/aromatic N) is 1. The van der Waals surface area contributed by atoms with Gasteiger partial charge in [0.15, 0.2) is 0 Å². The van der Waals surface area contributed by atoms with Crippen molar-refractivity contribution in [1.29, 1.82) is 0 Å². The van der Waals surface area contributed by atoms with E-state index >= 15 is 0 Å². The van der Waals surface area contributed by atoms with E-state index in [2.05, 4.69) is 4.72 Å². The number of nitrogens with one attached hydrogen (secondary N) is 1. The van der Waals surface area contributed by atoms with Crippen LogP contribution in [0.2, 0.25) is 0 Å². The van der Waals surface area contributed by atoms with Crippen molar-refractivity contribution in [3.63, 3.8) is 0 Å². The quantitative estimate of drug-likeness (QED) is 0.617. The molecular formula is C12H27N3O3S. The average molecular weight is 293 g/mol. The normalized spacial score (nSPS) is 21.5. The Labute approximate surface area is 116 Å². The lowest BCUT2D eigenvalue weighted by Gasteiger charge is -2.28. The molecule has 4 N–H and O–H groups in total. The molecule has 0 radical (unpaired) electrons. The first-order chi connectivity index (χ1) is 8.86. The van der Waals surface area contributed by atoms with E-state index in [1.54, 1.807) is 0 Å². The number of hydrogen-bond donors (Lipinski definition) is 3. The molecule has 0 aliphatic heterocycles. The van der Waals surface area contributed by atoms with Gasteiger partial charge in [-0.1, -0.05) is 32.1 Å². The van der Waals surface area contributed by atoms with Gasteiger partial charge in [0, 0.05) is 26.7 Å². The second kappa shape index (κ2) is 7.54. The lowest BCUT2D eigenvalue weighted by molar-refractivity contribution is 0.110. The van der Waals surface area contributed by atoms with E-state index in [0.717, 1.165) is 10.7 Å². The van der Waals surface area contributed by atoms with Gasteiger partial charge in [-0.2, -0.15) is 12.7 Å². The molecule has 0 aromatic heterocycles. The van der Waals surface area contributed by atoms with Crippen molar-refractivity contribution >= 4 is 10.2 Å². The molecule has 0 bridgehead atoms. The van der Waals surface area contributed by atoms with E-state index in [-0.39, 0.29) is 12.6 Å². The Morgan fingerprint density at radius 1 is 1.37 bits per heavy atom. The predicted molar refractivity (Wildman–Crippen MR) is 75.8 cm³/mol. The minimum absolute atomic E-state index is 0.0249. The van der Waals surface area contributed by atoms with Gasteiger partial charge in [-0.15, -0.1) is 0 Å². The summed E-state index contributed by atoms with van der Waals surface area (Å²) in [6.45, 7) is 0.0249. The van der Waals surface area contributed by atoms with Gasteiger partial charge in [0.05, 0.1) is 6.10 Å². The molecule has 2 atom stereocenters. The molecule has 0 aromatic carbocycles. The van der Waals surface area contributed by atoms with Crippen LogP contribution in [0.15, 0.2) is 0 Å². The molecule has 0 heterocycles. The van der Waals surface area contributed by atoms with Crippen LogP contribution in [0.4, 0.5) is 0 Å². The van der Waals surface area contributed by atoms with Gasteiger partial charge in [0.25, 0.3) is 10.2 Å². The summed E-state index contributed by atoms with van der Waals surface area (Å²) in [5, 5.41) is 10.0. The van der Waals surface area contributed by atoms with E-state index in [1.807, 2.05) is 0 Å². The van der Waals surface area contributed by atoms with Crippen LogP contribution in [-0.4, -0.2) is 50.6 Å². The Bertz CT molecular complexity index is 355. The maximum Gasteiger partial charge on any atom is 0.279 e. The van der Waals surface area contributed by atoms with Crippen molar-refractivity contribution in [2.24, 2.45) is 11.7 Å². The van der Waals surface area contributed by atoms with Crippen molar-refractivity contribution in [3.05, 3.63) is 0 Å². The van der Waals surface area contributed by atoms with Gasteiger partial charge in [-0.05, 0) is 12.3 Å². The summed E-state index contributed by atoms with van der Waals surface area (Å²) < 4.78 is 26.3. The molecule has 1 aliphatic carbocycles. The molecule has 1 aliphatic rings. The summed E-state index contributed by atoms with van der Waals surface area (Å²) in [4.78, 5) is 0. The van der Waals surface area contributed by atoms with Gasteiger partial charge in [0.1, 0.15) is 0 Å². The second-order valence-electron chi connectivity index (χ2n) is 5.46. The molecule has 1 rings (SSSR count). The Morgan fingerprint density at radius 3 is 2.47 bits per heavy atom. The number of hydrogen-bond acceptors (Lipinski definition) is 4. The highest BCUT2D eigenvalue weighted by molar-refractivity contribution is 7.87. The molecule has 6 nitrogen and oxygen atoms in total. The Kier molecular flexibility index (Phi) is 6.68. The fraction of sp³-hybridized carbons (Fsp3) is 1.00. The van der Waals surface area contributed by atoms with Gasteiger partial charge in [-0.25, -0.2) is 4.72 Å². The third-order valence-electron chi connectivity index (χ3n) is 3.94. The zero-order chi connectivity index (χ0) is 14.5. The average Bonchev–Trinajstić information content (AvgIpc) is 2.39. The zero-order valence-corrected chi connectivity index (χ0v) is 12.7.